The largest absolute Gasteiger partial charge is 0.493 e. The highest BCUT2D eigenvalue weighted by Crippen LogP contribution is 2.35. The van der Waals surface area contributed by atoms with E-state index in [-0.39, 0.29) is 10.9 Å². The first kappa shape index (κ1) is 20.5. The number of anilines is 1. The molecule has 1 aromatic carbocycles. The van der Waals surface area contributed by atoms with E-state index in [4.69, 9.17) is 9.47 Å². The van der Waals surface area contributed by atoms with Crippen LogP contribution >= 0.6 is 0 Å². The molecule has 1 saturated carbocycles. The van der Waals surface area contributed by atoms with Crippen LogP contribution in [0.5, 0.6) is 11.5 Å². The summed E-state index contributed by atoms with van der Waals surface area (Å²) in [5.74, 6) is 0.996. The molecule has 7 nitrogen and oxygen atoms in total. The van der Waals surface area contributed by atoms with E-state index >= 15 is 0 Å². The van der Waals surface area contributed by atoms with Crippen molar-refractivity contribution in [3.63, 3.8) is 0 Å². The van der Waals surface area contributed by atoms with Crippen LogP contribution in [-0.2, 0) is 15.4 Å². The van der Waals surface area contributed by atoms with E-state index in [2.05, 4.69) is 9.82 Å². The van der Waals surface area contributed by atoms with Gasteiger partial charge in [-0.25, -0.2) is 8.42 Å². The second kappa shape index (κ2) is 7.66. The highest BCUT2D eigenvalue weighted by Gasteiger charge is 2.32. The van der Waals surface area contributed by atoms with Crippen molar-refractivity contribution in [2.45, 2.75) is 62.8 Å². The molecule has 28 heavy (non-hydrogen) atoms. The predicted octanol–water partition coefficient (Wildman–Crippen LogP) is 4.11. The number of aromatic nitrogens is 2. The molecule has 0 unspecified atom stereocenters. The van der Waals surface area contributed by atoms with Gasteiger partial charge in [0.15, 0.2) is 11.5 Å². The average Bonchev–Trinajstić information content (AvgIpc) is 3.30. The standard InChI is InChI=1S/C20H29N3O4S/c1-20(2,3)19-18(13-23(21-19)15-8-6-7-9-15)28(24,25)22-14-10-11-16(26-4)17(12-14)27-5/h10-13,15,22H,6-9H2,1-5H3. The summed E-state index contributed by atoms with van der Waals surface area (Å²) in [6.45, 7) is 5.93. The van der Waals surface area contributed by atoms with E-state index in [0.717, 1.165) is 25.7 Å². The summed E-state index contributed by atoms with van der Waals surface area (Å²) >= 11 is 0. The molecule has 0 amide bonds. The number of benzene rings is 1. The van der Waals surface area contributed by atoms with Crippen molar-refractivity contribution in [2.24, 2.45) is 0 Å². The molecule has 3 rings (SSSR count). The number of hydrogen-bond donors (Lipinski definition) is 1. The molecule has 1 aliphatic rings. The summed E-state index contributed by atoms with van der Waals surface area (Å²) in [7, 11) is -0.760. The highest BCUT2D eigenvalue weighted by atomic mass is 32.2. The van der Waals surface area contributed by atoms with Crippen molar-refractivity contribution in [3.05, 3.63) is 30.1 Å². The highest BCUT2D eigenvalue weighted by molar-refractivity contribution is 7.92. The normalized spacial score (nSPS) is 15.6. The third kappa shape index (κ3) is 4.11. The number of ether oxygens (including phenoxy) is 2. The Bertz CT molecular complexity index is 939. The van der Waals surface area contributed by atoms with Crippen molar-refractivity contribution >= 4 is 15.7 Å². The molecule has 0 radical (unpaired) electrons. The Morgan fingerprint density at radius 1 is 1.11 bits per heavy atom. The molecule has 1 heterocycles. The molecule has 0 saturated heterocycles. The second-order valence-corrected chi connectivity index (χ2v) is 9.84. The molecule has 0 bridgehead atoms. The third-order valence-corrected chi connectivity index (χ3v) is 6.42. The molecule has 1 aromatic heterocycles. The lowest BCUT2D eigenvalue weighted by molar-refractivity contribution is 0.355. The van der Waals surface area contributed by atoms with Crippen molar-refractivity contribution in [1.82, 2.24) is 9.78 Å². The molecule has 1 N–H and O–H groups in total. The number of sulfonamides is 1. The third-order valence-electron chi connectivity index (χ3n) is 5.03. The molecule has 0 spiro atoms. The smallest absolute Gasteiger partial charge is 0.265 e. The summed E-state index contributed by atoms with van der Waals surface area (Å²) in [4.78, 5) is 0.224. The lowest BCUT2D eigenvalue weighted by Gasteiger charge is -2.18. The first-order valence-electron chi connectivity index (χ1n) is 9.50. The van der Waals surface area contributed by atoms with Crippen LogP contribution in [0.4, 0.5) is 5.69 Å². The second-order valence-electron chi connectivity index (χ2n) is 8.19. The van der Waals surface area contributed by atoms with Gasteiger partial charge >= 0.3 is 0 Å². The fourth-order valence-electron chi connectivity index (χ4n) is 3.56. The molecular formula is C20H29N3O4S. The van der Waals surface area contributed by atoms with Crippen LogP contribution in [0, 0.1) is 0 Å². The minimum absolute atomic E-state index is 0.224. The molecule has 1 fully saturated rings. The minimum Gasteiger partial charge on any atom is -0.493 e. The number of methoxy groups -OCH3 is 2. The molecule has 0 atom stereocenters. The van der Waals surface area contributed by atoms with Gasteiger partial charge in [-0.3, -0.25) is 9.40 Å². The van der Waals surface area contributed by atoms with Crippen molar-refractivity contribution in [1.29, 1.82) is 0 Å². The summed E-state index contributed by atoms with van der Waals surface area (Å²) in [5, 5.41) is 4.69. The zero-order valence-electron chi connectivity index (χ0n) is 17.2. The van der Waals surface area contributed by atoms with Gasteiger partial charge < -0.3 is 9.47 Å². The topological polar surface area (TPSA) is 82.5 Å². The van der Waals surface area contributed by atoms with E-state index in [1.54, 1.807) is 24.4 Å². The number of rotatable bonds is 6. The van der Waals surface area contributed by atoms with Gasteiger partial charge in [-0.15, -0.1) is 0 Å². The fourth-order valence-corrected chi connectivity index (χ4v) is 4.95. The van der Waals surface area contributed by atoms with Gasteiger partial charge in [-0.1, -0.05) is 33.6 Å². The Hall–Kier alpha value is -2.22. The van der Waals surface area contributed by atoms with E-state index < -0.39 is 15.4 Å². The van der Waals surface area contributed by atoms with Gasteiger partial charge in [0.2, 0.25) is 0 Å². The van der Waals surface area contributed by atoms with Crippen molar-refractivity contribution in [3.8, 4) is 11.5 Å². The number of nitrogens with zero attached hydrogens (tertiary/aromatic N) is 2. The maximum atomic E-state index is 13.2. The van der Waals surface area contributed by atoms with Crippen LogP contribution in [0.15, 0.2) is 29.3 Å². The van der Waals surface area contributed by atoms with E-state index in [1.807, 2.05) is 25.5 Å². The molecule has 2 aromatic rings. The maximum absolute atomic E-state index is 13.2. The van der Waals surface area contributed by atoms with Gasteiger partial charge in [-0.2, -0.15) is 5.10 Å². The Morgan fingerprint density at radius 2 is 1.75 bits per heavy atom. The molecular weight excluding hydrogens is 378 g/mol. The van der Waals surface area contributed by atoms with Crippen LogP contribution in [0.1, 0.15) is 58.2 Å². The Kier molecular flexibility index (Phi) is 5.61. The zero-order valence-corrected chi connectivity index (χ0v) is 18.0. The molecule has 0 aliphatic heterocycles. The average molecular weight is 408 g/mol. The summed E-state index contributed by atoms with van der Waals surface area (Å²) in [6.07, 6.45) is 6.06. The number of hydrogen-bond acceptors (Lipinski definition) is 5. The van der Waals surface area contributed by atoms with Gasteiger partial charge in [0.1, 0.15) is 4.90 Å². The van der Waals surface area contributed by atoms with Gasteiger partial charge in [0.25, 0.3) is 10.0 Å². The zero-order chi connectivity index (χ0) is 20.5. The Balaban J connectivity index is 1.99. The quantitative estimate of drug-likeness (QED) is 0.779. The molecule has 154 valence electrons. The minimum atomic E-state index is -3.81. The fraction of sp³-hybridized carbons (Fsp3) is 0.550. The first-order valence-corrected chi connectivity index (χ1v) is 11.0. The maximum Gasteiger partial charge on any atom is 0.265 e. The van der Waals surface area contributed by atoms with Crippen LogP contribution < -0.4 is 14.2 Å². The lowest BCUT2D eigenvalue weighted by atomic mass is 9.92. The van der Waals surface area contributed by atoms with Gasteiger partial charge in [0.05, 0.1) is 31.6 Å². The van der Waals surface area contributed by atoms with Crippen LogP contribution in [0.2, 0.25) is 0 Å². The van der Waals surface area contributed by atoms with E-state index in [0.29, 0.717) is 22.9 Å². The Morgan fingerprint density at radius 3 is 2.32 bits per heavy atom. The number of nitrogens with one attached hydrogen (secondary N) is 1. The lowest BCUT2D eigenvalue weighted by Crippen LogP contribution is -2.20. The first-order chi connectivity index (χ1) is 13.2. The van der Waals surface area contributed by atoms with Crippen LogP contribution in [0.25, 0.3) is 0 Å². The predicted molar refractivity (Wildman–Crippen MR) is 109 cm³/mol. The van der Waals surface area contributed by atoms with Crippen LogP contribution in [-0.4, -0.2) is 32.4 Å². The van der Waals surface area contributed by atoms with Crippen molar-refractivity contribution in [2.75, 3.05) is 18.9 Å². The summed E-state index contributed by atoms with van der Waals surface area (Å²) in [6, 6.07) is 5.20. The summed E-state index contributed by atoms with van der Waals surface area (Å²) < 4.78 is 41.4. The van der Waals surface area contributed by atoms with E-state index in [1.165, 1.54) is 14.2 Å². The van der Waals surface area contributed by atoms with Gasteiger partial charge in [0, 0.05) is 17.7 Å². The monoisotopic (exact) mass is 407 g/mol. The van der Waals surface area contributed by atoms with Crippen molar-refractivity contribution < 1.29 is 17.9 Å². The van der Waals surface area contributed by atoms with Gasteiger partial charge in [-0.05, 0) is 25.0 Å². The SMILES string of the molecule is COc1ccc(NS(=O)(=O)c2cn(C3CCCC3)nc2C(C)(C)C)cc1OC. The van der Waals surface area contributed by atoms with Crippen LogP contribution in [0.3, 0.4) is 0 Å². The molecule has 1 aliphatic carbocycles. The summed E-state index contributed by atoms with van der Waals surface area (Å²) in [5.41, 5.74) is 0.587. The Labute approximate surface area is 167 Å². The molecule has 8 heteroatoms. The van der Waals surface area contributed by atoms with E-state index in [9.17, 15) is 8.42 Å².